The molecule has 4 rings (SSSR count). The van der Waals surface area contributed by atoms with Gasteiger partial charge in [-0.15, -0.1) is 0 Å². The van der Waals surface area contributed by atoms with E-state index in [4.69, 9.17) is 4.74 Å². The fourth-order valence-corrected chi connectivity index (χ4v) is 7.50. The average Bonchev–Trinajstić information content (AvgIpc) is 3.02. The number of pyridine rings is 1. The van der Waals surface area contributed by atoms with Crippen molar-refractivity contribution in [3.05, 3.63) is 95.8 Å². The number of hydrogen-bond donors (Lipinski definition) is 0. The largest absolute Gasteiger partial charge is 0.497 e. The van der Waals surface area contributed by atoms with E-state index in [1.807, 2.05) is 24.4 Å². The minimum absolute atomic E-state index is 0.0269. The summed E-state index contributed by atoms with van der Waals surface area (Å²) in [7, 11) is 6.18. The van der Waals surface area contributed by atoms with E-state index in [2.05, 4.69) is 93.3 Å². The zero-order chi connectivity index (χ0) is 30.2. The molecule has 226 valence electrons. The lowest BCUT2D eigenvalue weighted by Gasteiger charge is -2.50. The van der Waals surface area contributed by atoms with E-state index >= 15 is 0 Å². The summed E-state index contributed by atoms with van der Waals surface area (Å²) in [6, 6.07) is 23.5. The number of nitrogens with zero attached hydrogens (tertiary/aromatic N) is 2. The highest BCUT2D eigenvalue weighted by molar-refractivity contribution is 5.83. The smallest absolute Gasteiger partial charge is 0.139 e. The Morgan fingerprint density at radius 1 is 0.905 bits per heavy atom. The molecule has 2 aromatic carbocycles. The summed E-state index contributed by atoms with van der Waals surface area (Å²) < 4.78 is 5.37. The van der Waals surface area contributed by atoms with Crippen molar-refractivity contribution in [3.63, 3.8) is 0 Å². The molecule has 4 nitrogen and oxygen atoms in total. The lowest BCUT2D eigenvalue weighted by molar-refractivity contribution is -0.128. The molecule has 1 fully saturated rings. The maximum absolute atomic E-state index is 14.2. The van der Waals surface area contributed by atoms with Gasteiger partial charge in [-0.05, 0) is 112 Å². The normalized spacial score (nSPS) is 22.8. The quantitative estimate of drug-likeness (QED) is 0.195. The Morgan fingerprint density at radius 2 is 1.60 bits per heavy atom. The van der Waals surface area contributed by atoms with Crippen molar-refractivity contribution in [1.29, 1.82) is 0 Å². The second-order valence-electron chi connectivity index (χ2n) is 13.2. The third-order valence-corrected chi connectivity index (χ3v) is 10.6. The molecule has 4 heteroatoms. The minimum Gasteiger partial charge on any atom is -0.497 e. The molecule has 1 saturated carbocycles. The van der Waals surface area contributed by atoms with Crippen molar-refractivity contribution in [2.24, 2.45) is 23.2 Å². The molecule has 0 radical (unpaired) electrons. The van der Waals surface area contributed by atoms with Crippen LogP contribution in [0.4, 0.5) is 0 Å². The Hall–Kier alpha value is -2.98. The molecule has 0 N–H and O–H groups in total. The summed E-state index contributed by atoms with van der Waals surface area (Å²) in [5.41, 5.74) is 4.22. The summed E-state index contributed by atoms with van der Waals surface area (Å²) >= 11 is 0. The van der Waals surface area contributed by atoms with Gasteiger partial charge in [0.05, 0.1) is 7.11 Å². The molecule has 0 saturated heterocycles. The first kappa shape index (κ1) is 31.9. The SMILES string of the molecule is CCC1(CCC(C(=O)C(C)Cc2cccnc2)C(C)Cc2ccc(OC)cc2)CCC(c2ccccc2)(N(C)C)CC1. The Labute approximate surface area is 254 Å². The highest BCUT2D eigenvalue weighted by atomic mass is 16.5. The van der Waals surface area contributed by atoms with E-state index in [0.29, 0.717) is 11.2 Å². The number of ether oxygens (including phenoxy) is 1. The van der Waals surface area contributed by atoms with Crippen LogP contribution in [0.1, 0.15) is 82.4 Å². The predicted octanol–water partition coefficient (Wildman–Crippen LogP) is 8.54. The number of rotatable bonds is 14. The second-order valence-corrected chi connectivity index (χ2v) is 13.2. The van der Waals surface area contributed by atoms with Crippen molar-refractivity contribution >= 4 is 5.78 Å². The van der Waals surface area contributed by atoms with Gasteiger partial charge in [0.15, 0.2) is 0 Å². The molecule has 42 heavy (non-hydrogen) atoms. The number of methoxy groups -OCH3 is 1. The van der Waals surface area contributed by atoms with E-state index in [1.165, 1.54) is 30.4 Å². The molecule has 1 heterocycles. The molecular formula is C38H52N2O2. The van der Waals surface area contributed by atoms with Gasteiger partial charge in [0, 0.05) is 29.8 Å². The van der Waals surface area contributed by atoms with Crippen LogP contribution >= 0.6 is 0 Å². The van der Waals surface area contributed by atoms with Gasteiger partial charge in [-0.3, -0.25) is 14.7 Å². The number of aromatic nitrogens is 1. The molecule has 0 spiro atoms. The van der Waals surface area contributed by atoms with Crippen LogP contribution in [-0.4, -0.2) is 36.9 Å². The van der Waals surface area contributed by atoms with E-state index in [-0.39, 0.29) is 23.3 Å². The van der Waals surface area contributed by atoms with Gasteiger partial charge in [-0.25, -0.2) is 0 Å². The van der Waals surface area contributed by atoms with Crippen LogP contribution in [0.25, 0.3) is 0 Å². The first-order valence-electron chi connectivity index (χ1n) is 16.0. The molecule has 0 bridgehead atoms. The van der Waals surface area contributed by atoms with E-state index < -0.39 is 0 Å². The molecule has 3 unspecified atom stereocenters. The van der Waals surface area contributed by atoms with Crippen LogP contribution < -0.4 is 4.74 Å². The van der Waals surface area contributed by atoms with Crippen molar-refractivity contribution in [2.45, 2.75) is 84.1 Å². The van der Waals surface area contributed by atoms with E-state index in [0.717, 1.165) is 49.8 Å². The Kier molecular flexibility index (Phi) is 11.0. The van der Waals surface area contributed by atoms with Crippen LogP contribution in [0.3, 0.4) is 0 Å². The summed E-state index contributed by atoms with van der Waals surface area (Å²) in [6.45, 7) is 6.77. The number of carbonyl (C=O) groups is 1. The zero-order valence-corrected chi connectivity index (χ0v) is 26.8. The van der Waals surface area contributed by atoms with Crippen LogP contribution in [-0.2, 0) is 23.2 Å². The van der Waals surface area contributed by atoms with Crippen molar-refractivity contribution < 1.29 is 9.53 Å². The Bertz CT molecular complexity index is 1230. The first-order valence-corrected chi connectivity index (χ1v) is 16.0. The zero-order valence-electron chi connectivity index (χ0n) is 26.8. The fraction of sp³-hybridized carbons (Fsp3) is 0.526. The Balaban J connectivity index is 1.51. The molecule has 3 atom stereocenters. The molecule has 1 aromatic heterocycles. The topological polar surface area (TPSA) is 42.4 Å². The van der Waals surface area contributed by atoms with E-state index in [1.54, 1.807) is 13.3 Å². The highest BCUT2D eigenvalue weighted by Gasteiger charge is 2.44. The van der Waals surface area contributed by atoms with Gasteiger partial charge >= 0.3 is 0 Å². The van der Waals surface area contributed by atoms with E-state index in [9.17, 15) is 4.79 Å². The number of carbonyl (C=O) groups excluding carboxylic acids is 1. The molecule has 1 aliphatic rings. The predicted molar refractivity (Wildman–Crippen MR) is 174 cm³/mol. The van der Waals surface area contributed by atoms with Crippen molar-refractivity contribution in [1.82, 2.24) is 9.88 Å². The highest BCUT2D eigenvalue weighted by Crippen LogP contribution is 2.52. The number of hydrogen-bond acceptors (Lipinski definition) is 4. The molecule has 0 amide bonds. The number of Topliss-reactive ketones (excluding diaryl/α,β-unsaturated/α-hetero) is 1. The Morgan fingerprint density at radius 3 is 2.17 bits per heavy atom. The van der Waals surface area contributed by atoms with Crippen LogP contribution in [0, 0.1) is 23.2 Å². The summed E-state index contributed by atoms with van der Waals surface area (Å²) in [4.78, 5) is 20.9. The van der Waals surface area contributed by atoms with Crippen LogP contribution in [0.5, 0.6) is 5.75 Å². The van der Waals surface area contributed by atoms with Crippen molar-refractivity contribution in [3.8, 4) is 5.75 Å². The maximum atomic E-state index is 14.2. The van der Waals surface area contributed by atoms with Crippen LogP contribution in [0.15, 0.2) is 79.1 Å². The second kappa shape index (κ2) is 14.5. The van der Waals surface area contributed by atoms with Gasteiger partial charge in [-0.2, -0.15) is 0 Å². The number of benzene rings is 2. The lowest BCUT2D eigenvalue weighted by atomic mass is 9.61. The average molecular weight is 569 g/mol. The summed E-state index contributed by atoms with van der Waals surface area (Å²) in [6.07, 6.45) is 13.3. The molecular weight excluding hydrogens is 516 g/mol. The fourth-order valence-electron chi connectivity index (χ4n) is 7.50. The lowest BCUT2D eigenvalue weighted by Crippen LogP contribution is -2.47. The molecule has 1 aliphatic carbocycles. The first-order chi connectivity index (χ1) is 20.2. The van der Waals surface area contributed by atoms with Gasteiger partial charge in [0.1, 0.15) is 11.5 Å². The molecule has 3 aromatic rings. The standard InChI is InChI=1S/C38H52N2O2/c1-7-37(21-23-38(24-22-37,40(4)5)33-13-9-8-10-14-33)20-19-35(29(2)26-31-15-17-34(42-6)18-16-31)36(41)30(3)27-32-12-11-25-39-28-32/h8-18,25,28-30,35H,7,19-24,26-27H2,1-6H3. The van der Waals surface area contributed by atoms with Gasteiger partial charge in [0.25, 0.3) is 0 Å². The van der Waals surface area contributed by atoms with Crippen molar-refractivity contribution in [2.75, 3.05) is 21.2 Å². The van der Waals surface area contributed by atoms with Gasteiger partial charge in [0.2, 0.25) is 0 Å². The third kappa shape index (κ3) is 7.50. The van der Waals surface area contributed by atoms with Gasteiger partial charge < -0.3 is 4.74 Å². The maximum Gasteiger partial charge on any atom is 0.139 e. The number of ketones is 1. The summed E-state index contributed by atoms with van der Waals surface area (Å²) in [5.74, 6) is 1.56. The monoisotopic (exact) mass is 568 g/mol. The van der Waals surface area contributed by atoms with Crippen LogP contribution in [0.2, 0.25) is 0 Å². The minimum atomic E-state index is -0.0269. The molecule has 0 aliphatic heterocycles. The third-order valence-electron chi connectivity index (χ3n) is 10.6. The summed E-state index contributed by atoms with van der Waals surface area (Å²) in [5, 5.41) is 0. The van der Waals surface area contributed by atoms with Gasteiger partial charge in [-0.1, -0.05) is 75.7 Å².